The van der Waals surface area contributed by atoms with Gasteiger partial charge in [-0.15, -0.1) is 0 Å². The number of ether oxygens (including phenoxy) is 4. The highest BCUT2D eigenvalue weighted by Crippen LogP contribution is 2.51. The number of aromatic amines is 2. The van der Waals surface area contributed by atoms with Gasteiger partial charge in [0.1, 0.15) is 35.0 Å². The summed E-state index contributed by atoms with van der Waals surface area (Å²) in [5.74, 6) is 2.16. The number of H-pyrrole nitrogens is 2. The van der Waals surface area contributed by atoms with Crippen LogP contribution in [0.1, 0.15) is 101 Å². The lowest BCUT2D eigenvalue weighted by Gasteiger charge is -2.40. The Bertz CT molecular complexity index is 2710. The summed E-state index contributed by atoms with van der Waals surface area (Å²) in [6, 6.07) is 17.6. The van der Waals surface area contributed by atoms with E-state index in [0.717, 1.165) is 85.5 Å². The van der Waals surface area contributed by atoms with Crippen molar-refractivity contribution in [1.82, 2.24) is 40.0 Å². The number of benzene rings is 3. The first-order valence-electron chi connectivity index (χ1n) is 24.0. The highest BCUT2D eigenvalue weighted by atomic mass is 16.5. The molecular formula is C50H58N8O9. The summed E-state index contributed by atoms with van der Waals surface area (Å²) >= 11 is 0. The maximum atomic E-state index is 14.4. The lowest BCUT2D eigenvalue weighted by atomic mass is 9.85. The maximum Gasteiger partial charge on any atom is 0.407 e. The van der Waals surface area contributed by atoms with E-state index in [1.165, 1.54) is 19.1 Å². The van der Waals surface area contributed by atoms with Gasteiger partial charge in [-0.3, -0.25) is 14.5 Å². The molecule has 4 aliphatic heterocycles. The Balaban J connectivity index is 0.780. The van der Waals surface area contributed by atoms with E-state index in [2.05, 4.69) is 21.4 Å². The van der Waals surface area contributed by atoms with Gasteiger partial charge in [-0.05, 0) is 136 Å². The number of hydrogen-bond donors (Lipinski definition) is 4. The molecule has 17 heteroatoms. The number of amides is 4. The van der Waals surface area contributed by atoms with Crippen molar-refractivity contribution < 1.29 is 43.2 Å². The number of methoxy groups -OCH3 is 1. The molecule has 0 radical (unpaired) electrons. The largest absolute Gasteiger partial charge is 0.465 e. The molecule has 2 saturated carbocycles. The first-order valence-corrected chi connectivity index (χ1v) is 24.0. The van der Waals surface area contributed by atoms with E-state index in [1.54, 1.807) is 0 Å². The average molecular weight is 915 g/mol. The van der Waals surface area contributed by atoms with Crippen LogP contribution in [0.15, 0.2) is 60.7 Å². The van der Waals surface area contributed by atoms with Gasteiger partial charge in [-0.25, -0.2) is 19.6 Å². The van der Waals surface area contributed by atoms with Gasteiger partial charge >= 0.3 is 12.2 Å². The van der Waals surface area contributed by atoms with E-state index < -0.39 is 24.3 Å². The number of aromatic nitrogens is 4. The van der Waals surface area contributed by atoms with Crippen molar-refractivity contribution in [1.29, 1.82) is 0 Å². The molecule has 4 saturated heterocycles. The third kappa shape index (κ3) is 8.34. The zero-order valence-electron chi connectivity index (χ0n) is 38.0. The normalized spacial score (nSPS) is 24.7. The highest BCUT2D eigenvalue weighted by Gasteiger charge is 2.53. The van der Waals surface area contributed by atoms with Crippen LogP contribution in [0.3, 0.4) is 0 Å². The van der Waals surface area contributed by atoms with Gasteiger partial charge in [0.05, 0.1) is 46.9 Å². The minimum Gasteiger partial charge on any atom is -0.465 e. The number of nitrogens with one attached hydrogen (secondary N) is 3. The number of rotatable bonds is 11. The van der Waals surface area contributed by atoms with Crippen LogP contribution in [0.4, 0.5) is 9.59 Å². The molecule has 11 rings (SSSR count). The molecule has 17 nitrogen and oxygen atoms in total. The van der Waals surface area contributed by atoms with Gasteiger partial charge < -0.3 is 49.1 Å². The standard InChI is InChI=1S/C50H58N8O9/c1-56(48(62)63)42(32-17-25-66-50(28-32)20-21-50)46(60)58-23-5-7-37(58)43-51-34-15-12-30(26-36(34)53-43)29-10-13-33(14-11-29)67-39-9-3-6-35-41(39)54-44(52-35)38-8-4-22-57(38)45(59)40(55-47(61)64-2)31-16-24-65-49(27-31)18-19-49/h3,6,9-15,26,31-32,37-38,40,42H,4-5,7-8,16-25,27-28H2,1-2H3,(H,51,53)(H,52,54)(H,55,61)(H,62,63)/t31?,32?,37-,38?,40?,42?/m0/s1. The lowest BCUT2D eigenvalue weighted by molar-refractivity contribution is -0.142. The predicted molar refractivity (Wildman–Crippen MR) is 245 cm³/mol. The Labute approximate surface area is 387 Å². The number of carbonyl (C=O) groups is 4. The van der Waals surface area contributed by atoms with Crippen LogP contribution in [-0.2, 0) is 23.8 Å². The maximum absolute atomic E-state index is 14.4. The molecular weight excluding hydrogens is 857 g/mol. The summed E-state index contributed by atoms with van der Waals surface area (Å²) in [5.41, 5.74) is 4.69. The van der Waals surface area contributed by atoms with E-state index in [4.69, 9.17) is 28.9 Å². The Kier molecular flexibility index (Phi) is 11.1. The van der Waals surface area contributed by atoms with Crippen LogP contribution in [-0.4, -0.2) is 127 Å². The molecule has 67 heavy (non-hydrogen) atoms. The highest BCUT2D eigenvalue weighted by molar-refractivity contribution is 5.88. The van der Waals surface area contributed by atoms with E-state index >= 15 is 0 Å². The van der Waals surface area contributed by atoms with E-state index in [9.17, 15) is 24.3 Å². The summed E-state index contributed by atoms with van der Waals surface area (Å²) in [4.78, 5) is 75.4. The molecule has 2 spiro atoms. The molecule has 6 fully saturated rings. The second kappa shape index (κ2) is 17.1. The third-order valence-electron chi connectivity index (χ3n) is 15.4. The summed E-state index contributed by atoms with van der Waals surface area (Å²) in [7, 11) is 2.83. The van der Waals surface area contributed by atoms with Crippen molar-refractivity contribution in [2.75, 3.05) is 40.5 Å². The molecule has 352 valence electrons. The summed E-state index contributed by atoms with van der Waals surface area (Å²) < 4.78 is 23.5. The summed E-state index contributed by atoms with van der Waals surface area (Å²) in [5, 5.41) is 12.9. The molecule has 2 aromatic heterocycles. The number of para-hydroxylation sites is 1. The summed E-state index contributed by atoms with van der Waals surface area (Å²) in [6.45, 7) is 2.22. The number of alkyl carbamates (subject to hydrolysis) is 1. The van der Waals surface area contributed by atoms with Crippen LogP contribution in [0.25, 0.3) is 33.2 Å². The number of likely N-dealkylation sites (N-methyl/N-ethyl adjacent to an activating group) is 1. The summed E-state index contributed by atoms with van der Waals surface area (Å²) in [6.07, 6.45) is 8.03. The van der Waals surface area contributed by atoms with E-state index in [1.807, 2.05) is 64.4 Å². The first-order chi connectivity index (χ1) is 32.5. The number of fused-ring (bicyclic) bond motifs is 2. The molecule has 5 aromatic rings. The Morgan fingerprint density at radius 1 is 0.791 bits per heavy atom. The van der Waals surface area contributed by atoms with Gasteiger partial charge in [0.25, 0.3) is 0 Å². The fourth-order valence-electron chi connectivity index (χ4n) is 11.5. The SMILES string of the molecule is COC(=O)NC(C(=O)N1CCCC1c1nc2c(Oc3ccc(-c4ccc5nc([C@@H]6CCCN6C(=O)C(C6CCOC7(CC7)C6)N(C)C(=O)O)[nH]c5c4)cc3)cccc2[nH]1)C1CCOC2(CC2)C1. The third-order valence-corrected chi connectivity index (χ3v) is 15.4. The van der Waals surface area contributed by atoms with Crippen molar-refractivity contribution in [3.63, 3.8) is 0 Å². The van der Waals surface area contributed by atoms with Gasteiger partial charge in [0, 0.05) is 33.4 Å². The predicted octanol–water partition coefficient (Wildman–Crippen LogP) is 7.85. The van der Waals surface area contributed by atoms with E-state index in [0.29, 0.717) is 74.2 Å². The molecule has 5 unspecified atom stereocenters. The van der Waals surface area contributed by atoms with Gasteiger partial charge in [0.15, 0.2) is 5.75 Å². The van der Waals surface area contributed by atoms with Crippen molar-refractivity contribution in [3.8, 4) is 22.6 Å². The first kappa shape index (κ1) is 43.4. The fraction of sp³-hybridized carbons (Fsp3) is 0.520. The van der Waals surface area contributed by atoms with Crippen molar-refractivity contribution in [2.24, 2.45) is 11.8 Å². The smallest absolute Gasteiger partial charge is 0.407 e. The van der Waals surface area contributed by atoms with Gasteiger partial charge in [0.2, 0.25) is 11.8 Å². The van der Waals surface area contributed by atoms with Crippen molar-refractivity contribution >= 4 is 46.1 Å². The van der Waals surface area contributed by atoms with E-state index in [-0.39, 0.29) is 46.9 Å². The van der Waals surface area contributed by atoms with Crippen molar-refractivity contribution in [2.45, 2.75) is 112 Å². The van der Waals surface area contributed by atoms with Crippen LogP contribution >= 0.6 is 0 Å². The monoisotopic (exact) mass is 914 g/mol. The molecule has 0 bridgehead atoms. The quantitative estimate of drug-likeness (QED) is 0.100. The molecule has 4 N–H and O–H groups in total. The molecule has 2 aliphatic carbocycles. The van der Waals surface area contributed by atoms with Crippen LogP contribution in [0.2, 0.25) is 0 Å². The minimum absolute atomic E-state index is 0.0495. The molecule has 3 aromatic carbocycles. The van der Waals surface area contributed by atoms with Crippen LogP contribution in [0, 0.1) is 11.8 Å². The Hall–Kier alpha value is -6.20. The number of nitrogens with zero attached hydrogens (tertiary/aromatic N) is 5. The number of likely N-dealkylation sites (tertiary alicyclic amines) is 2. The van der Waals surface area contributed by atoms with Crippen molar-refractivity contribution in [3.05, 3.63) is 72.3 Å². The number of carboxylic acid groups (broad SMARTS) is 1. The Morgan fingerprint density at radius 2 is 1.42 bits per heavy atom. The fourth-order valence-corrected chi connectivity index (χ4v) is 11.5. The number of carbonyl (C=O) groups excluding carboxylic acids is 3. The molecule has 6 aliphatic rings. The van der Waals surface area contributed by atoms with Gasteiger partial charge in [-0.1, -0.05) is 24.3 Å². The zero-order valence-corrected chi connectivity index (χ0v) is 38.0. The van der Waals surface area contributed by atoms with Crippen LogP contribution < -0.4 is 10.1 Å². The topological polar surface area (TPSA) is 205 Å². The van der Waals surface area contributed by atoms with Crippen LogP contribution in [0.5, 0.6) is 11.5 Å². The second-order valence-corrected chi connectivity index (χ2v) is 19.7. The Morgan fingerprint density at radius 3 is 2.09 bits per heavy atom. The zero-order chi connectivity index (χ0) is 46.0. The minimum atomic E-state index is -1.11. The number of hydrogen-bond acceptors (Lipinski definition) is 10. The second-order valence-electron chi connectivity index (χ2n) is 19.7. The van der Waals surface area contributed by atoms with Gasteiger partial charge in [-0.2, -0.15) is 0 Å². The molecule has 6 heterocycles. The average Bonchev–Trinajstić information content (AvgIpc) is 3.85. The molecule has 6 atom stereocenters. The molecule has 4 amide bonds. The number of imidazole rings is 2. The lowest BCUT2D eigenvalue weighted by Crippen LogP contribution is -2.54.